The summed E-state index contributed by atoms with van der Waals surface area (Å²) in [6.07, 6.45) is 6.71. The van der Waals surface area contributed by atoms with Gasteiger partial charge in [-0.15, -0.1) is 0 Å². The molecule has 0 atom stereocenters. The predicted octanol–water partition coefficient (Wildman–Crippen LogP) is 11.5. The molecule has 50 heavy (non-hydrogen) atoms. The summed E-state index contributed by atoms with van der Waals surface area (Å²) < 4.78 is 4.92. The van der Waals surface area contributed by atoms with Crippen molar-refractivity contribution in [2.24, 2.45) is 0 Å². The van der Waals surface area contributed by atoms with E-state index in [0.29, 0.717) is 5.82 Å². The second-order valence-electron chi connectivity index (χ2n) is 12.9. The van der Waals surface area contributed by atoms with Crippen molar-refractivity contribution >= 4 is 38.8 Å². The van der Waals surface area contributed by atoms with Crippen LogP contribution in [0.4, 0.5) is 0 Å². The maximum absolute atomic E-state index is 5.16. The van der Waals surface area contributed by atoms with E-state index in [1.54, 1.807) is 0 Å². The molecule has 3 heterocycles. The lowest BCUT2D eigenvalue weighted by atomic mass is 10.0. The quantitative estimate of drug-likeness (QED) is 0.188. The normalized spacial score (nSPS) is 12.6. The number of benzene rings is 6. The molecule has 4 heteroatoms. The lowest BCUT2D eigenvalue weighted by molar-refractivity contribution is 0.888. The summed E-state index contributed by atoms with van der Waals surface area (Å²) in [4.78, 5) is 10.3. The zero-order chi connectivity index (χ0) is 33.0. The molecule has 10 rings (SSSR count). The molecule has 236 valence electrons. The molecule has 0 fully saturated rings. The summed E-state index contributed by atoms with van der Waals surface area (Å²) in [6, 6.07) is 55.7. The Labute approximate surface area is 290 Å². The Morgan fingerprint density at radius 3 is 1.86 bits per heavy atom. The first kappa shape index (κ1) is 28.5. The molecule has 9 aromatic rings. The van der Waals surface area contributed by atoms with E-state index in [2.05, 4.69) is 167 Å². The highest BCUT2D eigenvalue weighted by Crippen LogP contribution is 2.43. The summed E-state index contributed by atoms with van der Waals surface area (Å²) in [7, 11) is 0. The van der Waals surface area contributed by atoms with E-state index < -0.39 is 0 Å². The van der Waals surface area contributed by atoms with Crippen LogP contribution in [0, 0.1) is 0 Å². The predicted molar refractivity (Wildman–Crippen MR) is 207 cm³/mol. The average Bonchev–Trinajstić information content (AvgIpc) is 3.72. The van der Waals surface area contributed by atoms with Crippen molar-refractivity contribution in [3.8, 4) is 45.3 Å². The number of hydrogen-bond donors (Lipinski definition) is 0. The molecule has 0 bridgehead atoms. The van der Waals surface area contributed by atoms with E-state index in [1.165, 1.54) is 49.7 Å². The van der Waals surface area contributed by atoms with Gasteiger partial charge in [0.2, 0.25) is 0 Å². The number of nitrogens with zero attached hydrogens (tertiary/aromatic N) is 4. The van der Waals surface area contributed by atoms with E-state index in [-0.39, 0.29) is 0 Å². The topological polar surface area (TPSA) is 35.6 Å². The first-order valence-electron chi connectivity index (χ1n) is 17.2. The minimum Gasteiger partial charge on any atom is -0.313 e. The largest absolute Gasteiger partial charge is 0.313 e. The standard InChI is InChI=1S/C46H32N4/c1-4-15-31(16-5-1)39-30-40(32-17-6-2-7-18-32)48-46(47-39)33-19-14-22-35(29-33)50-41-25-12-10-23-36(41)37-27-28-43-44(45(37)50)38-24-11-13-26-42(38)49(43)34-20-8-3-9-21-34/h1-12,14-25,27-30H,13,26H2. The van der Waals surface area contributed by atoms with Crippen LogP contribution in [0.1, 0.15) is 17.7 Å². The van der Waals surface area contributed by atoms with Gasteiger partial charge in [-0.2, -0.15) is 0 Å². The van der Waals surface area contributed by atoms with Gasteiger partial charge in [0, 0.05) is 55.5 Å². The SMILES string of the molecule is C1=Cc2c(n(-c3ccccc3)c3ccc4c5ccccc5n(-c5cccc(-c6nc(-c7ccccc7)cc(-c7ccccc7)n6)c5)c4c23)CC1. The average molecular weight is 641 g/mol. The Bertz CT molecular complexity index is 2680. The first-order valence-corrected chi connectivity index (χ1v) is 17.2. The van der Waals surface area contributed by atoms with Crippen molar-refractivity contribution in [1.82, 2.24) is 19.1 Å². The Hall–Kier alpha value is -6.52. The maximum atomic E-state index is 5.16. The second-order valence-corrected chi connectivity index (χ2v) is 12.9. The lowest BCUT2D eigenvalue weighted by Crippen LogP contribution is -2.02. The number of allylic oxidation sites excluding steroid dienone is 1. The Morgan fingerprint density at radius 1 is 0.480 bits per heavy atom. The van der Waals surface area contributed by atoms with Gasteiger partial charge in [0.1, 0.15) is 0 Å². The zero-order valence-electron chi connectivity index (χ0n) is 27.4. The number of hydrogen-bond acceptors (Lipinski definition) is 2. The third kappa shape index (κ3) is 4.53. The molecular weight excluding hydrogens is 609 g/mol. The highest BCUT2D eigenvalue weighted by Gasteiger charge is 2.24. The molecule has 0 N–H and O–H groups in total. The Morgan fingerprint density at radius 2 is 1.12 bits per heavy atom. The third-order valence-electron chi connectivity index (χ3n) is 9.98. The van der Waals surface area contributed by atoms with Crippen LogP contribution >= 0.6 is 0 Å². The molecule has 0 saturated heterocycles. The minimum atomic E-state index is 0.702. The number of aromatic nitrogens is 4. The van der Waals surface area contributed by atoms with Crippen molar-refractivity contribution in [2.75, 3.05) is 0 Å². The molecule has 3 aromatic heterocycles. The van der Waals surface area contributed by atoms with Crippen LogP contribution in [-0.2, 0) is 6.42 Å². The molecular formula is C46H32N4. The molecule has 0 aliphatic heterocycles. The van der Waals surface area contributed by atoms with Crippen molar-refractivity contribution in [3.05, 3.63) is 175 Å². The molecule has 0 spiro atoms. The second kappa shape index (κ2) is 11.6. The van der Waals surface area contributed by atoms with Crippen LogP contribution in [-0.4, -0.2) is 19.1 Å². The monoisotopic (exact) mass is 640 g/mol. The van der Waals surface area contributed by atoms with E-state index in [4.69, 9.17) is 9.97 Å². The zero-order valence-corrected chi connectivity index (χ0v) is 27.4. The summed E-state index contributed by atoms with van der Waals surface area (Å²) in [5.41, 5.74) is 13.5. The number of fused-ring (bicyclic) bond motifs is 7. The van der Waals surface area contributed by atoms with Gasteiger partial charge in [-0.25, -0.2) is 9.97 Å². The fourth-order valence-electron chi connectivity index (χ4n) is 7.77. The van der Waals surface area contributed by atoms with Crippen molar-refractivity contribution < 1.29 is 0 Å². The van der Waals surface area contributed by atoms with Gasteiger partial charge in [0.15, 0.2) is 5.82 Å². The van der Waals surface area contributed by atoms with Crippen molar-refractivity contribution in [2.45, 2.75) is 12.8 Å². The molecule has 0 amide bonds. The fraction of sp³-hybridized carbons (Fsp3) is 0.0435. The van der Waals surface area contributed by atoms with Gasteiger partial charge in [-0.3, -0.25) is 0 Å². The summed E-state index contributed by atoms with van der Waals surface area (Å²) in [6.45, 7) is 0. The van der Waals surface area contributed by atoms with Crippen molar-refractivity contribution in [3.63, 3.8) is 0 Å². The minimum absolute atomic E-state index is 0.702. The lowest BCUT2D eigenvalue weighted by Gasteiger charge is -2.13. The van der Waals surface area contributed by atoms with Crippen LogP contribution in [0.25, 0.3) is 84.1 Å². The van der Waals surface area contributed by atoms with Crippen LogP contribution in [0.15, 0.2) is 164 Å². The van der Waals surface area contributed by atoms with Gasteiger partial charge >= 0.3 is 0 Å². The fourth-order valence-corrected chi connectivity index (χ4v) is 7.77. The van der Waals surface area contributed by atoms with Crippen LogP contribution in [0.2, 0.25) is 0 Å². The first-order chi connectivity index (χ1) is 24.8. The van der Waals surface area contributed by atoms with E-state index in [0.717, 1.165) is 46.6 Å². The Kier molecular flexibility index (Phi) is 6.59. The molecule has 1 aliphatic carbocycles. The number of rotatable bonds is 5. The van der Waals surface area contributed by atoms with Crippen molar-refractivity contribution in [1.29, 1.82) is 0 Å². The van der Waals surface area contributed by atoms with Crippen LogP contribution < -0.4 is 0 Å². The van der Waals surface area contributed by atoms with Gasteiger partial charge in [-0.05, 0) is 55.3 Å². The van der Waals surface area contributed by atoms with Gasteiger partial charge in [0.05, 0.1) is 27.9 Å². The molecule has 4 nitrogen and oxygen atoms in total. The third-order valence-corrected chi connectivity index (χ3v) is 9.98. The van der Waals surface area contributed by atoms with Crippen LogP contribution in [0.5, 0.6) is 0 Å². The van der Waals surface area contributed by atoms with Gasteiger partial charge in [0.25, 0.3) is 0 Å². The summed E-state index contributed by atoms with van der Waals surface area (Å²) in [5, 5.41) is 3.77. The highest BCUT2D eigenvalue weighted by atomic mass is 15.0. The summed E-state index contributed by atoms with van der Waals surface area (Å²) >= 11 is 0. The smallest absolute Gasteiger partial charge is 0.160 e. The van der Waals surface area contributed by atoms with Gasteiger partial charge in [-0.1, -0.05) is 127 Å². The maximum Gasteiger partial charge on any atom is 0.160 e. The molecule has 0 radical (unpaired) electrons. The highest BCUT2D eigenvalue weighted by molar-refractivity contribution is 6.20. The van der Waals surface area contributed by atoms with Gasteiger partial charge < -0.3 is 9.13 Å². The Balaban J connectivity index is 1.24. The van der Waals surface area contributed by atoms with E-state index in [9.17, 15) is 0 Å². The molecule has 0 unspecified atom stereocenters. The van der Waals surface area contributed by atoms with E-state index >= 15 is 0 Å². The summed E-state index contributed by atoms with van der Waals surface area (Å²) in [5.74, 6) is 0.702. The molecule has 1 aliphatic rings. The van der Waals surface area contributed by atoms with E-state index in [1.807, 2.05) is 12.1 Å². The number of para-hydroxylation sites is 2. The molecule has 6 aromatic carbocycles. The molecule has 0 saturated carbocycles. The van der Waals surface area contributed by atoms with Crippen LogP contribution in [0.3, 0.4) is 0 Å².